The number of hydrogen-bond acceptors (Lipinski definition) is 1. The third kappa shape index (κ3) is 2.39. The largest absolute Gasteiger partial charge is 0.352 e. The Balaban J connectivity index is 2.36. The molecule has 0 radical (unpaired) electrons. The molecule has 0 aliphatic heterocycles. The summed E-state index contributed by atoms with van der Waals surface area (Å²) in [6.07, 6.45) is 6.48. The van der Waals surface area contributed by atoms with Gasteiger partial charge in [0.1, 0.15) is 0 Å². The highest BCUT2D eigenvalue weighted by atomic mass is 15.0. The molecule has 0 saturated carbocycles. The first-order chi connectivity index (χ1) is 5.34. The summed E-state index contributed by atoms with van der Waals surface area (Å²) in [6, 6.07) is 4.70. The number of nitrogens with two attached hydrogens (primary N) is 1. The van der Waals surface area contributed by atoms with Crippen LogP contribution in [0.2, 0.25) is 0 Å². The molecule has 2 heteroatoms. The number of rotatable bonds is 4. The Morgan fingerprint density at radius 2 is 2.00 bits per heavy atom. The molecule has 11 heavy (non-hydrogen) atoms. The molecule has 0 aliphatic rings. The van der Waals surface area contributed by atoms with Gasteiger partial charge in [-0.1, -0.05) is 0 Å². The fourth-order valence-corrected chi connectivity index (χ4v) is 1.20. The van der Waals surface area contributed by atoms with Crippen molar-refractivity contribution in [1.29, 1.82) is 0 Å². The van der Waals surface area contributed by atoms with E-state index in [1.54, 1.807) is 0 Å². The normalized spacial score (nSPS) is 13.3. The molecule has 0 fully saturated rings. The first-order valence-electron chi connectivity index (χ1n) is 4.17. The van der Waals surface area contributed by atoms with Crippen LogP contribution in [0.1, 0.15) is 25.8 Å². The predicted molar refractivity (Wildman–Crippen MR) is 47.4 cm³/mol. The van der Waals surface area contributed by atoms with E-state index in [1.807, 2.05) is 0 Å². The lowest BCUT2D eigenvalue weighted by Gasteiger charge is -2.12. The van der Waals surface area contributed by atoms with Crippen molar-refractivity contribution >= 4 is 0 Å². The van der Waals surface area contributed by atoms with Crippen LogP contribution in [0.5, 0.6) is 0 Å². The lowest BCUT2D eigenvalue weighted by molar-refractivity contribution is 0.494. The molecular weight excluding hydrogens is 136 g/mol. The summed E-state index contributed by atoms with van der Waals surface area (Å²) in [5.74, 6) is 0. The molecule has 1 aromatic heterocycles. The van der Waals surface area contributed by atoms with Gasteiger partial charge in [0.15, 0.2) is 0 Å². The van der Waals surface area contributed by atoms with Crippen molar-refractivity contribution in [2.24, 2.45) is 5.73 Å². The zero-order valence-electron chi connectivity index (χ0n) is 7.03. The first-order valence-corrected chi connectivity index (χ1v) is 4.17. The van der Waals surface area contributed by atoms with Gasteiger partial charge in [-0.3, -0.25) is 0 Å². The molecule has 1 heterocycles. The van der Waals surface area contributed by atoms with Crippen LogP contribution >= 0.6 is 0 Å². The van der Waals surface area contributed by atoms with E-state index in [-0.39, 0.29) is 0 Å². The van der Waals surface area contributed by atoms with E-state index in [1.165, 1.54) is 6.42 Å². The maximum Gasteiger partial charge on any atom is 0.0302 e. The van der Waals surface area contributed by atoms with Crippen molar-refractivity contribution in [3.05, 3.63) is 24.5 Å². The zero-order chi connectivity index (χ0) is 8.10. The smallest absolute Gasteiger partial charge is 0.0302 e. The SMILES string of the molecule is CC(CCCN)n1cccc1. The van der Waals surface area contributed by atoms with E-state index in [0.717, 1.165) is 13.0 Å². The van der Waals surface area contributed by atoms with Gasteiger partial charge in [-0.25, -0.2) is 0 Å². The van der Waals surface area contributed by atoms with E-state index in [4.69, 9.17) is 5.73 Å². The number of nitrogens with zero attached hydrogens (tertiary/aromatic N) is 1. The fraction of sp³-hybridized carbons (Fsp3) is 0.556. The molecule has 1 aromatic rings. The van der Waals surface area contributed by atoms with Crippen molar-refractivity contribution in [3.63, 3.8) is 0 Å². The van der Waals surface area contributed by atoms with Crippen LogP contribution in [0, 0.1) is 0 Å². The Hall–Kier alpha value is -0.760. The van der Waals surface area contributed by atoms with Gasteiger partial charge in [0.2, 0.25) is 0 Å². The van der Waals surface area contributed by atoms with Gasteiger partial charge in [-0.2, -0.15) is 0 Å². The highest BCUT2D eigenvalue weighted by molar-refractivity contribution is 4.92. The lowest BCUT2D eigenvalue weighted by atomic mass is 10.2. The summed E-state index contributed by atoms with van der Waals surface area (Å²) >= 11 is 0. The van der Waals surface area contributed by atoms with E-state index in [2.05, 4.69) is 36.0 Å². The summed E-state index contributed by atoms with van der Waals surface area (Å²) in [7, 11) is 0. The van der Waals surface area contributed by atoms with Gasteiger partial charge in [-0.15, -0.1) is 0 Å². The Morgan fingerprint density at radius 3 is 2.55 bits per heavy atom. The zero-order valence-corrected chi connectivity index (χ0v) is 7.03. The second kappa shape index (κ2) is 4.19. The van der Waals surface area contributed by atoms with Gasteiger partial charge in [-0.05, 0) is 38.4 Å². The van der Waals surface area contributed by atoms with Crippen LogP contribution in [-0.4, -0.2) is 11.1 Å². The highest BCUT2D eigenvalue weighted by Gasteiger charge is 2.00. The molecule has 0 aromatic carbocycles. The fourth-order valence-electron chi connectivity index (χ4n) is 1.20. The third-order valence-electron chi connectivity index (χ3n) is 1.96. The monoisotopic (exact) mass is 152 g/mol. The van der Waals surface area contributed by atoms with Crippen LogP contribution in [0.25, 0.3) is 0 Å². The molecular formula is C9H16N2. The molecule has 62 valence electrons. The second-order valence-electron chi connectivity index (χ2n) is 2.91. The quantitative estimate of drug-likeness (QED) is 0.700. The van der Waals surface area contributed by atoms with Gasteiger partial charge in [0.25, 0.3) is 0 Å². The Labute approximate surface area is 68.0 Å². The minimum absolute atomic E-state index is 0.591. The highest BCUT2D eigenvalue weighted by Crippen LogP contribution is 2.11. The van der Waals surface area contributed by atoms with Crippen LogP contribution in [0.4, 0.5) is 0 Å². The molecule has 2 nitrogen and oxygen atoms in total. The maximum atomic E-state index is 5.42. The van der Waals surface area contributed by atoms with Crippen molar-refractivity contribution < 1.29 is 0 Å². The maximum absolute atomic E-state index is 5.42. The van der Waals surface area contributed by atoms with E-state index >= 15 is 0 Å². The molecule has 1 rings (SSSR count). The molecule has 2 N–H and O–H groups in total. The van der Waals surface area contributed by atoms with Crippen molar-refractivity contribution in [2.45, 2.75) is 25.8 Å². The molecule has 1 unspecified atom stereocenters. The Kier molecular flexibility index (Phi) is 3.17. The molecule has 0 spiro atoms. The standard InChI is InChI=1S/C9H16N2/c1-9(5-4-6-10)11-7-2-3-8-11/h2-3,7-9H,4-6,10H2,1H3. The van der Waals surface area contributed by atoms with E-state index < -0.39 is 0 Å². The first kappa shape index (κ1) is 8.34. The minimum Gasteiger partial charge on any atom is -0.352 e. The van der Waals surface area contributed by atoms with E-state index in [0.29, 0.717) is 6.04 Å². The van der Waals surface area contributed by atoms with E-state index in [9.17, 15) is 0 Å². The summed E-state index contributed by atoms with van der Waals surface area (Å²) in [5, 5.41) is 0. The average Bonchev–Trinajstić information content (AvgIpc) is 2.52. The molecule has 0 saturated heterocycles. The topological polar surface area (TPSA) is 30.9 Å². The molecule has 0 amide bonds. The number of hydrogen-bond donors (Lipinski definition) is 1. The van der Waals surface area contributed by atoms with Gasteiger partial charge in [0.05, 0.1) is 0 Å². The molecule has 0 bridgehead atoms. The second-order valence-corrected chi connectivity index (χ2v) is 2.91. The predicted octanol–water partition coefficient (Wildman–Crippen LogP) is 1.79. The minimum atomic E-state index is 0.591. The third-order valence-corrected chi connectivity index (χ3v) is 1.96. The summed E-state index contributed by atoms with van der Waals surface area (Å²) in [4.78, 5) is 0. The molecule has 0 aliphatic carbocycles. The van der Waals surface area contributed by atoms with Crippen LogP contribution in [-0.2, 0) is 0 Å². The van der Waals surface area contributed by atoms with Crippen molar-refractivity contribution in [2.75, 3.05) is 6.54 Å². The summed E-state index contributed by atoms with van der Waals surface area (Å²) in [6.45, 7) is 3.02. The summed E-state index contributed by atoms with van der Waals surface area (Å²) in [5.41, 5.74) is 5.42. The van der Waals surface area contributed by atoms with Crippen LogP contribution in [0.15, 0.2) is 24.5 Å². The van der Waals surface area contributed by atoms with Crippen LogP contribution < -0.4 is 5.73 Å². The van der Waals surface area contributed by atoms with Gasteiger partial charge >= 0.3 is 0 Å². The van der Waals surface area contributed by atoms with Crippen molar-refractivity contribution in [3.8, 4) is 0 Å². The molecule has 1 atom stereocenters. The summed E-state index contributed by atoms with van der Waals surface area (Å²) < 4.78 is 2.22. The lowest BCUT2D eigenvalue weighted by Crippen LogP contribution is -2.06. The van der Waals surface area contributed by atoms with Gasteiger partial charge < -0.3 is 10.3 Å². The van der Waals surface area contributed by atoms with Crippen molar-refractivity contribution in [1.82, 2.24) is 4.57 Å². The Morgan fingerprint density at radius 1 is 1.36 bits per heavy atom. The average molecular weight is 152 g/mol. The Bertz CT molecular complexity index is 179. The number of aromatic nitrogens is 1. The van der Waals surface area contributed by atoms with Gasteiger partial charge in [0, 0.05) is 18.4 Å². The van der Waals surface area contributed by atoms with Crippen LogP contribution in [0.3, 0.4) is 0 Å².